The topological polar surface area (TPSA) is 78.9 Å². The van der Waals surface area contributed by atoms with Crippen molar-refractivity contribution in [3.63, 3.8) is 0 Å². The SMILES string of the molecule is C=C1CC(C(=O)OC)CCC(C(=O)OC)(C(=O)OC)CC1=C. The van der Waals surface area contributed by atoms with E-state index in [1.165, 1.54) is 21.3 Å². The summed E-state index contributed by atoms with van der Waals surface area (Å²) in [6.45, 7) is 7.77. The third-order valence-corrected chi connectivity index (χ3v) is 4.11. The monoisotopic (exact) mass is 310 g/mol. The molecule has 0 aromatic heterocycles. The Morgan fingerprint density at radius 2 is 1.55 bits per heavy atom. The molecule has 1 rings (SSSR count). The van der Waals surface area contributed by atoms with Gasteiger partial charge < -0.3 is 14.2 Å². The van der Waals surface area contributed by atoms with Crippen LogP contribution in [-0.2, 0) is 28.6 Å². The van der Waals surface area contributed by atoms with Gasteiger partial charge in [-0.3, -0.25) is 14.4 Å². The Morgan fingerprint density at radius 3 is 2.00 bits per heavy atom. The molecule has 6 heteroatoms. The minimum absolute atomic E-state index is 0.0685. The molecule has 1 aliphatic rings. The lowest BCUT2D eigenvalue weighted by Crippen LogP contribution is -2.43. The lowest BCUT2D eigenvalue weighted by molar-refractivity contribution is -0.170. The van der Waals surface area contributed by atoms with Crippen molar-refractivity contribution in [2.75, 3.05) is 21.3 Å². The highest BCUT2D eigenvalue weighted by Gasteiger charge is 2.50. The van der Waals surface area contributed by atoms with Crippen LogP contribution >= 0.6 is 0 Å². The molecule has 1 atom stereocenters. The van der Waals surface area contributed by atoms with Gasteiger partial charge in [-0.25, -0.2) is 0 Å². The maximum Gasteiger partial charge on any atom is 0.323 e. The normalized spacial score (nSPS) is 21.3. The second-order valence-corrected chi connectivity index (χ2v) is 5.41. The fourth-order valence-electron chi connectivity index (χ4n) is 2.73. The minimum atomic E-state index is -1.50. The Bertz CT molecular complexity index is 489. The molecule has 1 fully saturated rings. The second-order valence-electron chi connectivity index (χ2n) is 5.41. The third-order valence-electron chi connectivity index (χ3n) is 4.11. The minimum Gasteiger partial charge on any atom is -0.469 e. The average Bonchev–Trinajstić information content (AvgIpc) is 2.52. The van der Waals surface area contributed by atoms with Crippen LogP contribution in [0.4, 0.5) is 0 Å². The average molecular weight is 310 g/mol. The molecular weight excluding hydrogens is 288 g/mol. The van der Waals surface area contributed by atoms with Gasteiger partial charge >= 0.3 is 17.9 Å². The summed E-state index contributed by atoms with van der Waals surface area (Å²) in [6, 6.07) is 0. The molecule has 0 bridgehead atoms. The first kappa shape index (κ1) is 17.9. The highest BCUT2D eigenvalue weighted by atomic mass is 16.5. The molecule has 22 heavy (non-hydrogen) atoms. The molecule has 0 spiro atoms. The first-order valence-electron chi connectivity index (χ1n) is 6.93. The highest BCUT2D eigenvalue weighted by Crippen LogP contribution is 2.41. The molecule has 0 saturated heterocycles. The molecule has 0 aliphatic heterocycles. The largest absolute Gasteiger partial charge is 0.469 e. The molecule has 0 heterocycles. The molecule has 1 unspecified atom stereocenters. The summed E-state index contributed by atoms with van der Waals surface area (Å²) < 4.78 is 14.4. The second kappa shape index (κ2) is 7.24. The zero-order chi connectivity index (χ0) is 16.9. The van der Waals surface area contributed by atoms with Gasteiger partial charge in [0.05, 0.1) is 27.2 Å². The van der Waals surface area contributed by atoms with Gasteiger partial charge in [-0.2, -0.15) is 0 Å². The van der Waals surface area contributed by atoms with Crippen LogP contribution in [0, 0.1) is 11.3 Å². The number of carbonyl (C=O) groups excluding carboxylic acids is 3. The van der Waals surface area contributed by atoms with Crippen LogP contribution in [0.5, 0.6) is 0 Å². The molecule has 6 nitrogen and oxygen atoms in total. The first-order chi connectivity index (χ1) is 10.3. The molecule has 122 valence electrons. The van der Waals surface area contributed by atoms with E-state index in [2.05, 4.69) is 13.2 Å². The Morgan fingerprint density at radius 1 is 1.00 bits per heavy atom. The van der Waals surface area contributed by atoms with Crippen molar-refractivity contribution >= 4 is 17.9 Å². The summed E-state index contributed by atoms with van der Waals surface area (Å²) in [5.74, 6) is -2.28. The maximum absolute atomic E-state index is 12.2. The first-order valence-corrected chi connectivity index (χ1v) is 6.93. The van der Waals surface area contributed by atoms with Crippen LogP contribution in [0.3, 0.4) is 0 Å². The van der Waals surface area contributed by atoms with Crippen molar-refractivity contribution < 1.29 is 28.6 Å². The Balaban J connectivity index is 3.24. The zero-order valence-electron chi connectivity index (χ0n) is 13.3. The Labute approximate surface area is 130 Å². The Kier molecular flexibility index (Phi) is 5.91. The van der Waals surface area contributed by atoms with E-state index in [-0.39, 0.29) is 12.8 Å². The van der Waals surface area contributed by atoms with Crippen molar-refractivity contribution in [3.05, 3.63) is 24.3 Å². The van der Waals surface area contributed by atoms with Crippen LogP contribution in [0.25, 0.3) is 0 Å². The number of hydrogen-bond donors (Lipinski definition) is 0. The molecule has 0 amide bonds. The van der Waals surface area contributed by atoms with E-state index in [4.69, 9.17) is 14.2 Å². The van der Waals surface area contributed by atoms with Crippen LogP contribution in [0.2, 0.25) is 0 Å². The van der Waals surface area contributed by atoms with E-state index in [1.54, 1.807) is 0 Å². The quantitative estimate of drug-likeness (QED) is 0.449. The number of rotatable bonds is 3. The van der Waals surface area contributed by atoms with Crippen LogP contribution in [0.15, 0.2) is 24.3 Å². The fourth-order valence-corrected chi connectivity index (χ4v) is 2.73. The summed E-state index contributed by atoms with van der Waals surface area (Å²) in [7, 11) is 3.72. The summed E-state index contributed by atoms with van der Waals surface area (Å²) >= 11 is 0. The standard InChI is InChI=1S/C16H22O6/c1-10-8-12(13(17)20-3)6-7-16(9-11(10)2,14(18)21-4)15(19)22-5/h12H,1-2,6-9H2,3-5H3. The van der Waals surface area contributed by atoms with E-state index in [1.807, 2.05) is 0 Å². The van der Waals surface area contributed by atoms with Crippen LogP contribution < -0.4 is 0 Å². The molecule has 1 saturated carbocycles. The number of hydrogen-bond acceptors (Lipinski definition) is 6. The number of ether oxygens (including phenoxy) is 3. The van der Waals surface area contributed by atoms with Gasteiger partial charge in [0, 0.05) is 0 Å². The summed E-state index contributed by atoms with van der Waals surface area (Å²) in [5.41, 5.74) is -0.354. The third kappa shape index (κ3) is 3.37. The van der Waals surface area contributed by atoms with Gasteiger partial charge in [-0.1, -0.05) is 24.3 Å². The zero-order valence-corrected chi connectivity index (χ0v) is 13.3. The predicted molar refractivity (Wildman–Crippen MR) is 78.7 cm³/mol. The van der Waals surface area contributed by atoms with Crippen molar-refractivity contribution in [2.24, 2.45) is 11.3 Å². The summed E-state index contributed by atoms with van der Waals surface area (Å²) in [5, 5.41) is 0. The van der Waals surface area contributed by atoms with E-state index in [0.717, 1.165) is 0 Å². The molecule has 0 aromatic carbocycles. The Hall–Kier alpha value is -2.11. The van der Waals surface area contributed by atoms with Crippen molar-refractivity contribution in [1.82, 2.24) is 0 Å². The van der Waals surface area contributed by atoms with E-state index < -0.39 is 29.2 Å². The number of carbonyl (C=O) groups is 3. The summed E-state index contributed by atoms with van der Waals surface area (Å²) in [4.78, 5) is 36.3. The van der Waals surface area contributed by atoms with Crippen molar-refractivity contribution in [1.29, 1.82) is 0 Å². The van der Waals surface area contributed by atoms with Crippen LogP contribution in [0.1, 0.15) is 25.7 Å². The maximum atomic E-state index is 12.2. The molecular formula is C16H22O6. The lowest BCUT2D eigenvalue weighted by atomic mass is 9.71. The van der Waals surface area contributed by atoms with Gasteiger partial charge in [0.2, 0.25) is 0 Å². The number of esters is 3. The summed E-state index contributed by atoms with van der Waals surface area (Å²) in [6.07, 6.45) is 0.880. The molecule has 0 aromatic rings. The van der Waals surface area contributed by atoms with E-state index >= 15 is 0 Å². The van der Waals surface area contributed by atoms with Gasteiger partial charge in [-0.15, -0.1) is 0 Å². The molecule has 1 aliphatic carbocycles. The van der Waals surface area contributed by atoms with E-state index in [9.17, 15) is 14.4 Å². The van der Waals surface area contributed by atoms with Crippen LogP contribution in [-0.4, -0.2) is 39.2 Å². The smallest absolute Gasteiger partial charge is 0.323 e. The lowest BCUT2D eigenvalue weighted by Gasteiger charge is -2.33. The fraction of sp³-hybridized carbons (Fsp3) is 0.562. The van der Waals surface area contributed by atoms with Gasteiger partial charge in [-0.05, 0) is 25.7 Å². The van der Waals surface area contributed by atoms with Gasteiger partial charge in [0.25, 0.3) is 0 Å². The highest BCUT2D eigenvalue weighted by molar-refractivity contribution is 6.00. The number of methoxy groups -OCH3 is 3. The number of allylic oxidation sites excluding steroid dienone is 2. The van der Waals surface area contributed by atoms with Gasteiger partial charge in [0.15, 0.2) is 5.41 Å². The van der Waals surface area contributed by atoms with E-state index in [0.29, 0.717) is 24.0 Å². The predicted octanol–water partition coefficient (Wildman–Crippen LogP) is 1.79. The van der Waals surface area contributed by atoms with Crippen molar-refractivity contribution in [2.45, 2.75) is 25.7 Å². The molecule has 0 N–H and O–H groups in total. The van der Waals surface area contributed by atoms with Crippen molar-refractivity contribution in [3.8, 4) is 0 Å². The molecule has 0 radical (unpaired) electrons. The van der Waals surface area contributed by atoms with Gasteiger partial charge in [0.1, 0.15) is 0 Å².